The maximum Gasteiger partial charge on any atom is 0.244 e. The molecule has 2 heterocycles. The third kappa shape index (κ3) is 4.03. The second-order valence-corrected chi connectivity index (χ2v) is 7.16. The molecular formula is C14H19N3O2S2. The molecule has 0 saturated carbocycles. The third-order valence-corrected chi connectivity index (χ3v) is 5.28. The molecule has 7 heteroatoms. The Morgan fingerprint density at radius 2 is 2.19 bits per heavy atom. The van der Waals surface area contributed by atoms with Crippen molar-refractivity contribution in [2.75, 3.05) is 11.9 Å². The van der Waals surface area contributed by atoms with Crippen LogP contribution >= 0.6 is 11.3 Å². The highest BCUT2D eigenvalue weighted by Gasteiger charge is 2.22. The van der Waals surface area contributed by atoms with Crippen LogP contribution in [0.4, 0.5) is 5.69 Å². The van der Waals surface area contributed by atoms with E-state index in [1.165, 1.54) is 6.20 Å². The largest absolute Gasteiger partial charge is 0.384 e. The van der Waals surface area contributed by atoms with Crippen molar-refractivity contribution in [3.63, 3.8) is 0 Å². The van der Waals surface area contributed by atoms with E-state index in [4.69, 9.17) is 0 Å². The molecule has 0 aliphatic heterocycles. The lowest BCUT2D eigenvalue weighted by molar-refractivity contribution is 0.567. The predicted molar refractivity (Wildman–Crippen MR) is 86.1 cm³/mol. The molecule has 2 rings (SSSR count). The van der Waals surface area contributed by atoms with Gasteiger partial charge in [0.25, 0.3) is 0 Å². The summed E-state index contributed by atoms with van der Waals surface area (Å²) in [6.45, 7) is 4.57. The lowest BCUT2D eigenvalue weighted by Gasteiger charge is -2.16. The van der Waals surface area contributed by atoms with Crippen molar-refractivity contribution in [1.82, 2.24) is 9.71 Å². The molecule has 0 bridgehead atoms. The molecule has 5 nitrogen and oxygen atoms in total. The summed E-state index contributed by atoms with van der Waals surface area (Å²) in [5, 5.41) is 6.99. The molecule has 114 valence electrons. The van der Waals surface area contributed by atoms with E-state index in [1.54, 1.807) is 23.6 Å². The molecule has 0 saturated heterocycles. The Morgan fingerprint density at radius 3 is 2.86 bits per heavy atom. The van der Waals surface area contributed by atoms with E-state index in [2.05, 4.69) is 15.0 Å². The highest BCUT2D eigenvalue weighted by atomic mass is 32.2. The highest BCUT2D eigenvalue weighted by molar-refractivity contribution is 7.89. The minimum Gasteiger partial charge on any atom is -0.384 e. The van der Waals surface area contributed by atoms with Crippen LogP contribution in [0.2, 0.25) is 0 Å². The molecule has 21 heavy (non-hydrogen) atoms. The van der Waals surface area contributed by atoms with Crippen LogP contribution in [-0.4, -0.2) is 19.9 Å². The SMILES string of the molecule is CCCNc1ccncc1S(=O)(=O)NC(C)c1ccsc1. The van der Waals surface area contributed by atoms with Gasteiger partial charge in [-0.05, 0) is 41.8 Å². The van der Waals surface area contributed by atoms with Crippen LogP contribution in [0.1, 0.15) is 31.9 Å². The summed E-state index contributed by atoms with van der Waals surface area (Å²) in [5.74, 6) is 0. The smallest absolute Gasteiger partial charge is 0.244 e. The monoisotopic (exact) mass is 325 g/mol. The quantitative estimate of drug-likeness (QED) is 0.821. The molecule has 2 aromatic heterocycles. The average Bonchev–Trinajstić information content (AvgIpc) is 2.99. The fourth-order valence-electron chi connectivity index (χ4n) is 1.89. The number of rotatable bonds is 7. The first-order chi connectivity index (χ1) is 10.0. The number of thiophene rings is 1. The highest BCUT2D eigenvalue weighted by Crippen LogP contribution is 2.23. The number of nitrogens with one attached hydrogen (secondary N) is 2. The van der Waals surface area contributed by atoms with E-state index < -0.39 is 10.0 Å². The van der Waals surface area contributed by atoms with E-state index in [9.17, 15) is 8.42 Å². The van der Waals surface area contributed by atoms with Gasteiger partial charge in [-0.1, -0.05) is 6.92 Å². The summed E-state index contributed by atoms with van der Waals surface area (Å²) in [4.78, 5) is 4.11. The number of sulfonamides is 1. The average molecular weight is 325 g/mol. The van der Waals surface area contributed by atoms with Gasteiger partial charge in [-0.25, -0.2) is 13.1 Å². The van der Waals surface area contributed by atoms with Crippen molar-refractivity contribution in [3.05, 3.63) is 40.8 Å². The number of aromatic nitrogens is 1. The van der Waals surface area contributed by atoms with Crippen LogP contribution < -0.4 is 10.0 Å². The van der Waals surface area contributed by atoms with E-state index in [0.717, 1.165) is 12.0 Å². The second kappa shape index (κ2) is 7.02. The summed E-state index contributed by atoms with van der Waals surface area (Å²) in [6.07, 6.45) is 3.88. The maximum absolute atomic E-state index is 12.5. The number of hydrogen-bond acceptors (Lipinski definition) is 5. The molecule has 1 atom stereocenters. The lowest BCUT2D eigenvalue weighted by atomic mass is 10.2. The minimum atomic E-state index is -3.62. The summed E-state index contributed by atoms with van der Waals surface area (Å²) in [7, 11) is -3.62. The topological polar surface area (TPSA) is 71.1 Å². The van der Waals surface area contributed by atoms with Crippen LogP contribution in [0.5, 0.6) is 0 Å². The first-order valence-corrected chi connectivity index (χ1v) is 9.19. The van der Waals surface area contributed by atoms with E-state index >= 15 is 0 Å². The number of hydrogen-bond donors (Lipinski definition) is 2. The summed E-state index contributed by atoms with van der Waals surface area (Å²) < 4.78 is 27.8. The minimum absolute atomic E-state index is 0.181. The zero-order valence-corrected chi connectivity index (χ0v) is 13.7. The molecule has 0 radical (unpaired) electrons. The maximum atomic E-state index is 12.5. The van der Waals surface area contributed by atoms with Crippen molar-refractivity contribution in [1.29, 1.82) is 0 Å². The Morgan fingerprint density at radius 1 is 1.38 bits per heavy atom. The van der Waals surface area contributed by atoms with Crippen molar-refractivity contribution in [2.45, 2.75) is 31.2 Å². The van der Waals surface area contributed by atoms with Gasteiger partial charge >= 0.3 is 0 Å². The fraction of sp³-hybridized carbons (Fsp3) is 0.357. The first-order valence-electron chi connectivity index (χ1n) is 6.77. The van der Waals surface area contributed by atoms with E-state index in [0.29, 0.717) is 12.2 Å². The van der Waals surface area contributed by atoms with Gasteiger partial charge in [-0.15, -0.1) is 0 Å². The molecule has 2 aromatic rings. The van der Waals surface area contributed by atoms with E-state index in [1.807, 2.05) is 30.7 Å². The van der Waals surface area contributed by atoms with Gasteiger partial charge in [0, 0.05) is 25.0 Å². The Hall–Kier alpha value is -1.44. The number of nitrogens with zero attached hydrogens (tertiary/aromatic N) is 1. The molecule has 0 amide bonds. The standard InChI is InChI=1S/C14H19N3O2S2/c1-3-6-16-13-4-7-15-9-14(13)21(18,19)17-11(2)12-5-8-20-10-12/h4-5,7-11,17H,3,6H2,1-2H3,(H,15,16). The van der Waals surface area contributed by atoms with Crippen molar-refractivity contribution in [3.8, 4) is 0 Å². The zero-order chi connectivity index (χ0) is 15.3. The molecule has 0 spiro atoms. The van der Waals surface area contributed by atoms with Crippen LogP contribution in [-0.2, 0) is 10.0 Å². The van der Waals surface area contributed by atoms with Gasteiger partial charge in [-0.2, -0.15) is 11.3 Å². The van der Waals surface area contributed by atoms with Crippen LogP contribution in [0.25, 0.3) is 0 Å². The molecular weight excluding hydrogens is 306 g/mol. The van der Waals surface area contributed by atoms with Gasteiger partial charge < -0.3 is 5.32 Å². The van der Waals surface area contributed by atoms with Crippen molar-refractivity contribution in [2.24, 2.45) is 0 Å². The summed E-state index contributed by atoms with van der Waals surface area (Å²) in [5.41, 5.74) is 1.53. The third-order valence-electron chi connectivity index (χ3n) is 3.01. The zero-order valence-electron chi connectivity index (χ0n) is 12.0. The number of pyridine rings is 1. The molecule has 1 unspecified atom stereocenters. The normalized spacial score (nSPS) is 13.0. The Kier molecular flexibility index (Phi) is 5.33. The molecule has 0 aliphatic carbocycles. The summed E-state index contributed by atoms with van der Waals surface area (Å²) in [6, 6.07) is 3.32. The lowest BCUT2D eigenvalue weighted by Crippen LogP contribution is -2.27. The molecule has 0 fully saturated rings. The second-order valence-electron chi connectivity index (χ2n) is 4.70. The molecule has 2 N–H and O–H groups in total. The van der Waals surface area contributed by atoms with Crippen molar-refractivity contribution < 1.29 is 8.42 Å². The van der Waals surface area contributed by atoms with Crippen molar-refractivity contribution >= 4 is 27.0 Å². The van der Waals surface area contributed by atoms with Gasteiger partial charge in [0.05, 0.1) is 5.69 Å². The Balaban J connectivity index is 2.23. The summed E-state index contributed by atoms with van der Waals surface area (Å²) >= 11 is 1.54. The van der Waals surface area contributed by atoms with Crippen LogP contribution in [0.15, 0.2) is 40.2 Å². The van der Waals surface area contributed by atoms with E-state index in [-0.39, 0.29) is 10.9 Å². The van der Waals surface area contributed by atoms with Gasteiger partial charge in [-0.3, -0.25) is 4.98 Å². The van der Waals surface area contributed by atoms with Gasteiger partial charge in [0.2, 0.25) is 10.0 Å². The Labute approximate surface area is 129 Å². The first kappa shape index (κ1) is 15.9. The number of anilines is 1. The van der Waals surface area contributed by atoms with Crippen LogP contribution in [0, 0.1) is 0 Å². The Bertz CT molecular complexity index is 669. The van der Waals surface area contributed by atoms with Gasteiger partial charge in [0.1, 0.15) is 4.90 Å². The van der Waals surface area contributed by atoms with Crippen LogP contribution in [0.3, 0.4) is 0 Å². The molecule has 0 aliphatic rings. The molecule has 0 aromatic carbocycles. The fourth-order valence-corrected chi connectivity index (χ4v) is 4.00. The predicted octanol–water partition coefficient (Wildman–Crippen LogP) is 3.00. The van der Waals surface area contributed by atoms with Gasteiger partial charge in [0.15, 0.2) is 0 Å².